The number of ether oxygens (including phenoxy) is 1. The molecule has 0 saturated heterocycles. The molecule has 0 unspecified atom stereocenters. The third-order valence-corrected chi connectivity index (χ3v) is 4.67. The lowest BCUT2D eigenvalue weighted by atomic mass is 9.80. The fraction of sp³-hybridized carbons (Fsp3) is 0.0455. The Morgan fingerprint density at radius 3 is 1.71 bits per heavy atom. The summed E-state index contributed by atoms with van der Waals surface area (Å²) in [4.78, 5) is 40.8. The van der Waals surface area contributed by atoms with Crippen LogP contribution < -0.4 is 0 Å². The molecule has 0 amide bonds. The number of carbonyl (C=O) groups is 1. The maximum absolute atomic E-state index is 12.6. The zero-order valence-corrected chi connectivity index (χ0v) is 14.5. The predicted molar refractivity (Wildman–Crippen MR) is 100 cm³/mol. The molecule has 3 aromatic carbocycles. The van der Waals surface area contributed by atoms with Gasteiger partial charge in [-0.3, -0.25) is 0 Å². The first-order chi connectivity index (χ1) is 13.7. The van der Waals surface area contributed by atoms with Crippen molar-refractivity contribution < 1.29 is 19.1 Å². The number of rotatable bonds is 4. The molecule has 28 heavy (non-hydrogen) atoms. The van der Waals surface area contributed by atoms with Gasteiger partial charge in [-0.05, 0) is 30.3 Å². The van der Waals surface area contributed by atoms with Gasteiger partial charge in [0.05, 0.1) is 16.9 Å². The Hall–Kier alpha value is -4.11. The average Bonchev–Trinajstić information content (AvgIpc) is 3.04. The summed E-state index contributed by atoms with van der Waals surface area (Å²) in [5.74, 6) is -0.430. The van der Waals surface area contributed by atoms with Crippen molar-refractivity contribution in [3.63, 3.8) is 0 Å². The largest absolute Gasteiger partial charge is 0.441 e. The Labute approximate surface area is 159 Å². The van der Waals surface area contributed by atoms with Crippen molar-refractivity contribution in [2.75, 3.05) is 0 Å². The van der Waals surface area contributed by atoms with Crippen LogP contribution in [0, 0.1) is 0 Å². The monoisotopic (exact) mass is 368 g/mol. The van der Waals surface area contributed by atoms with E-state index in [9.17, 15) is 14.4 Å². The second kappa shape index (κ2) is 6.89. The molecule has 1 aliphatic heterocycles. The number of benzene rings is 3. The normalized spacial score (nSPS) is 17.1. The molecule has 0 aliphatic carbocycles. The van der Waals surface area contributed by atoms with Crippen LogP contribution in [0.25, 0.3) is 0 Å². The van der Waals surface area contributed by atoms with Crippen LogP contribution in [0.3, 0.4) is 0 Å². The third-order valence-electron chi connectivity index (χ3n) is 4.67. The van der Waals surface area contributed by atoms with Crippen molar-refractivity contribution >= 4 is 29.5 Å². The summed E-state index contributed by atoms with van der Waals surface area (Å²) < 4.78 is 5.94. The standard InChI is InChI=1S/C22H12N2O4/c25-13-23-17-9-5-15(6-10-17)22(16-7-11-18(12-8-16)24-14-26)20-4-2-1-3-19(20)21(27)28-22/h1-12H. The summed E-state index contributed by atoms with van der Waals surface area (Å²) in [5, 5.41) is 0. The first-order valence-corrected chi connectivity index (χ1v) is 8.39. The van der Waals surface area contributed by atoms with Gasteiger partial charge in [0.15, 0.2) is 5.60 Å². The number of hydrogen-bond donors (Lipinski definition) is 0. The first kappa shape index (κ1) is 17.3. The van der Waals surface area contributed by atoms with Crippen molar-refractivity contribution in [3.05, 3.63) is 95.1 Å². The Morgan fingerprint density at radius 1 is 0.714 bits per heavy atom. The van der Waals surface area contributed by atoms with Gasteiger partial charge in [-0.15, -0.1) is 0 Å². The zero-order valence-electron chi connectivity index (χ0n) is 14.5. The van der Waals surface area contributed by atoms with E-state index in [1.807, 2.05) is 12.1 Å². The molecule has 4 rings (SSSR count). The SMILES string of the molecule is O=C=Nc1ccc(C2(c3ccc(N=C=O)cc3)OC(=O)c3ccccc32)cc1. The number of esters is 1. The van der Waals surface area contributed by atoms with E-state index in [1.54, 1.807) is 60.7 Å². The molecule has 3 aromatic rings. The van der Waals surface area contributed by atoms with Crippen molar-refractivity contribution in [2.45, 2.75) is 5.60 Å². The van der Waals surface area contributed by atoms with Crippen molar-refractivity contribution in [1.82, 2.24) is 0 Å². The summed E-state index contributed by atoms with van der Waals surface area (Å²) in [5.41, 5.74) is 2.31. The summed E-state index contributed by atoms with van der Waals surface area (Å²) >= 11 is 0. The molecular weight excluding hydrogens is 356 g/mol. The molecule has 6 heteroatoms. The van der Waals surface area contributed by atoms with Gasteiger partial charge in [0, 0.05) is 16.7 Å². The van der Waals surface area contributed by atoms with Crippen molar-refractivity contribution in [2.24, 2.45) is 9.98 Å². The molecule has 1 aliphatic rings. The van der Waals surface area contributed by atoms with Crippen LogP contribution in [0.4, 0.5) is 11.4 Å². The predicted octanol–water partition coefficient (Wildman–Crippen LogP) is 4.08. The molecule has 0 aromatic heterocycles. The van der Waals surface area contributed by atoms with Gasteiger partial charge in [0.25, 0.3) is 0 Å². The number of isocyanates is 2. The minimum Gasteiger partial charge on any atom is -0.441 e. The number of carbonyl (C=O) groups excluding carboxylic acids is 3. The van der Waals surface area contributed by atoms with Crippen molar-refractivity contribution in [1.29, 1.82) is 0 Å². The molecule has 0 atom stereocenters. The number of cyclic esters (lactones) is 1. The highest BCUT2D eigenvalue weighted by atomic mass is 16.6. The van der Waals surface area contributed by atoms with Crippen LogP contribution in [-0.4, -0.2) is 18.1 Å². The Morgan fingerprint density at radius 2 is 1.21 bits per heavy atom. The topological polar surface area (TPSA) is 85.2 Å². The van der Waals surface area contributed by atoms with Gasteiger partial charge >= 0.3 is 5.97 Å². The molecule has 0 N–H and O–H groups in total. The van der Waals surface area contributed by atoms with Crippen LogP contribution >= 0.6 is 0 Å². The van der Waals surface area contributed by atoms with E-state index in [0.29, 0.717) is 33.6 Å². The minimum absolute atomic E-state index is 0.430. The Kier molecular flexibility index (Phi) is 4.26. The Balaban J connectivity index is 1.96. The second-order valence-electron chi connectivity index (χ2n) is 6.12. The lowest BCUT2D eigenvalue weighted by molar-refractivity contribution is 0.0251. The van der Waals surface area contributed by atoms with Crippen LogP contribution in [0.2, 0.25) is 0 Å². The van der Waals surface area contributed by atoms with E-state index >= 15 is 0 Å². The summed E-state index contributed by atoms with van der Waals surface area (Å²) in [6.45, 7) is 0. The van der Waals surface area contributed by atoms with E-state index < -0.39 is 11.6 Å². The molecule has 1 heterocycles. The molecule has 134 valence electrons. The molecular formula is C22H12N2O4. The highest BCUT2D eigenvalue weighted by molar-refractivity contribution is 5.96. The smallest absolute Gasteiger partial charge is 0.340 e. The second-order valence-corrected chi connectivity index (χ2v) is 6.12. The minimum atomic E-state index is -1.17. The maximum atomic E-state index is 12.6. The summed E-state index contributed by atoms with van der Waals surface area (Å²) in [6.07, 6.45) is 3.01. The summed E-state index contributed by atoms with van der Waals surface area (Å²) in [6, 6.07) is 20.8. The van der Waals surface area contributed by atoms with E-state index in [0.717, 1.165) is 0 Å². The average molecular weight is 368 g/mol. The Bertz CT molecular complexity index is 1090. The lowest BCUT2D eigenvalue weighted by Crippen LogP contribution is -2.29. The lowest BCUT2D eigenvalue weighted by Gasteiger charge is -2.30. The number of hydrogen-bond acceptors (Lipinski definition) is 6. The third kappa shape index (κ3) is 2.66. The molecule has 0 saturated carbocycles. The van der Waals surface area contributed by atoms with Crippen LogP contribution in [0.5, 0.6) is 0 Å². The fourth-order valence-electron chi connectivity index (χ4n) is 3.46. The van der Waals surface area contributed by atoms with E-state index in [1.165, 1.54) is 12.2 Å². The highest BCUT2D eigenvalue weighted by Gasteiger charge is 2.48. The van der Waals surface area contributed by atoms with Crippen LogP contribution in [0.1, 0.15) is 27.0 Å². The number of aliphatic imine (C=N–C) groups is 2. The first-order valence-electron chi connectivity index (χ1n) is 8.39. The van der Waals surface area contributed by atoms with Crippen molar-refractivity contribution in [3.8, 4) is 0 Å². The van der Waals surface area contributed by atoms with E-state index in [4.69, 9.17) is 4.74 Å². The van der Waals surface area contributed by atoms with Gasteiger partial charge in [0.2, 0.25) is 12.2 Å². The molecule has 0 bridgehead atoms. The number of fused-ring (bicyclic) bond motifs is 1. The highest BCUT2D eigenvalue weighted by Crippen LogP contribution is 2.47. The van der Waals surface area contributed by atoms with Crippen LogP contribution in [-0.2, 0) is 19.9 Å². The molecule has 0 radical (unpaired) electrons. The molecule has 0 fully saturated rings. The van der Waals surface area contributed by atoms with Crippen LogP contribution in [0.15, 0.2) is 82.8 Å². The van der Waals surface area contributed by atoms with Gasteiger partial charge in [-0.1, -0.05) is 42.5 Å². The fourth-order valence-corrected chi connectivity index (χ4v) is 3.46. The van der Waals surface area contributed by atoms with Gasteiger partial charge < -0.3 is 4.74 Å². The molecule has 0 spiro atoms. The van der Waals surface area contributed by atoms with Gasteiger partial charge in [-0.2, -0.15) is 9.98 Å². The molecule has 6 nitrogen and oxygen atoms in total. The quantitative estimate of drug-likeness (QED) is 0.394. The van der Waals surface area contributed by atoms with E-state index in [2.05, 4.69) is 9.98 Å². The van der Waals surface area contributed by atoms with Gasteiger partial charge in [0.1, 0.15) is 0 Å². The van der Waals surface area contributed by atoms with E-state index in [-0.39, 0.29) is 0 Å². The maximum Gasteiger partial charge on any atom is 0.340 e. The zero-order chi connectivity index (χ0) is 19.6. The van der Waals surface area contributed by atoms with Gasteiger partial charge in [-0.25, -0.2) is 14.4 Å². The number of nitrogens with zero attached hydrogens (tertiary/aromatic N) is 2. The summed E-state index contributed by atoms with van der Waals surface area (Å²) in [7, 11) is 0.